The summed E-state index contributed by atoms with van der Waals surface area (Å²) < 4.78 is 6.86. The van der Waals surface area contributed by atoms with Crippen LogP contribution in [0.5, 0.6) is 0 Å². The van der Waals surface area contributed by atoms with Crippen molar-refractivity contribution in [3.8, 4) is 0 Å². The maximum Gasteiger partial charge on any atom is 0.139 e. The van der Waals surface area contributed by atoms with Crippen LogP contribution < -0.4 is 0 Å². The highest BCUT2D eigenvalue weighted by molar-refractivity contribution is 9.18. The van der Waals surface area contributed by atoms with E-state index >= 15 is 0 Å². The fourth-order valence-electron chi connectivity index (χ4n) is 2.43. The molecule has 0 amide bonds. The standard InChI is InChI=1S/C13H14BrNO2/c14-13-11-6-10(7-12(11)17-15-13)16-8-9-4-2-1-3-5-9/h1-5,10-12H,6-8H2/t10-,11-,12+/m0/s1. The fraction of sp³-hybridized carbons (Fsp3) is 0.462. The Morgan fingerprint density at radius 2 is 2.12 bits per heavy atom. The van der Waals surface area contributed by atoms with E-state index in [0.717, 1.165) is 17.5 Å². The molecule has 3 atom stereocenters. The molecule has 0 N–H and O–H groups in total. The number of fused-ring (bicyclic) bond motifs is 1. The zero-order valence-corrected chi connectivity index (χ0v) is 11.0. The summed E-state index contributed by atoms with van der Waals surface area (Å²) in [7, 11) is 0. The minimum Gasteiger partial charge on any atom is -0.391 e. The summed E-state index contributed by atoms with van der Waals surface area (Å²) in [6.45, 7) is 0.680. The first-order chi connectivity index (χ1) is 8.33. The molecule has 1 aromatic rings. The number of oxime groups is 1. The van der Waals surface area contributed by atoms with E-state index in [1.54, 1.807) is 0 Å². The van der Waals surface area contributed by atoms with E-state index in [-0.39, 0.29) is 12.2 Å². The van der Waals surface area contributed by atoms with E-state index in [4.69, 9.17) is 9.57 Å². The third-order valence-corrected chi connectivity index (χ3v) is 4.10. The van der Waals surface area contributed by atoms with E-state index in [1.165, 1.54) is 5.56 Å². The summed E-state index contributed by atoms with van der Waals surface area (Å²) >= 11 is 3.44. The van der Waals surface area contributed by atoms with Gasteiger partial charge in [0.15, 0.2) is 0 Å². The third kappa shape index (κ3) is 2.38. The van der Waals surface area contributed by atoms with Gasteiger partial charge in [-0.15, -0.1) is 0 Å². The number of halogens is 1. The van der Waals surface area contributed by atoms with Crippen LogP contribution in [0.2, 0.25) is 0 Å². The van der Waals surface area contributed by atoms with Crippen LogP contribution in [0.25, 0.3) is 0 Å². The summed E-state index contributed by atoms with van der Waals surface area (Å²) in [5.74, 6) is 0.399. The Labute approximate surface area is 109 Å². The number of nitrogens with zero attached hydrogens (tertiary/aromatic N) is 1. The lowest BCUT2D eigenvalue weighted by molar-refractivity contribution is 0.0202. The molecule has 0 bridgehead atoms. The second kappa shape index (κ2) is 4.78. The number of ether oxygens (including phenoxy) is 1. The van der Waals surface area contributed by atoms with Crippen LogP contribution in [-0.2, 0) is 16.2 Å². The zero-order valence-electron chi connectivity index (χ0n) is 9.38. The molecule has 0 aromatic heterocycles. The van der Waals surface area contributed by atoms with Crippen LogP contribution >= 0.6 is 15.9 Å². The summed E-state index contributed by atoms with van der Waals surface area (Å²) in [4.78, 5) is 5.33. The van der Waals surface area contributed by atoms with Gasteiger partial charge in [-0.25, -0.2) is 0 Å². The van der Waals surface area contributed by atoms with Crippen molar-refractivity contribution < 1.29 is 9.57 Å². The van der Waals surface area contributed by atoms with Crippen LogP contribution in [0.15, 0.2) is 35.5 Å². The molecule has 2 aliphatic rings. The van der Waals surface area contributed by atoms with Crippen molar-refractivity contribution in [2.75, 3.05) is 0 Å². The number of hydrogen-bond donors (Lipinski definition) is 0. The predicted molar refractivity (Wildman–Crippen MR) is 69.0 cm³/mol. The van der Waals surface area contributed by atoms with Gasteiger partial charge in [-0.2, -0.15) is 0 Å². The van der Waals surface area contributed by atoms with Crippen molar-refractivity contribution in [2.24, 2.45) is 11.1 Å². The van der Waals surface area contributed by atoms with Gasteiger partial charge in [-0.05, 0) is 27.9 Å². The molecule has 0 spiro atoms. The highest BCUT2D eigenvalue weighted by Crippen LogP contribution is 2.37. The topological polar surface area (TPSA) is 30.8 Å². The third-order valence-electron chi connectivity index (χ3n) is 3.37. The lowest BCUT2D eigenvalue weighted by atomic mass is 10.1. The molecule has 1 saturated carbocycles. The molecule has 1 aliphatic heterocycles. The average Bonchev–Trinajstić information content (AvgIpc) is 2.91. The maximum absolute atomic E-state index is 5.92. The molecule has 1 aliphatic carbocycles. The first-order valence-electron chi connectivity index (χ1n) is 5.87. The van der Waals surface area contributed by atoms with Gasteiger partial charge in [0.05, 0.1) is 18.6 Å². The molecule has 1 aromatic carbocycles. The molecular formula is C13H14BrNO2. The summed E-state index contributed by atoms with van der Waals surface area (Å²) in [5.41, 5.74) is 1.22. The molecule has 0 unspecified atom stereocenters. The smallest absolute Gasteiger partial charge is 0.139 e. The van der Waals surface area contributed by atoms with Crippen molar-refractivity contribution in [1.82, 2.24) is 0 Å². The summed E-state index contributed by atoms with van der Waals surface area (Å²) in [6.07, 6.45) is 2.44. The first kappa shape index (κ1) is 11.2. The lowest BCUT2D eigenvalue weighted by Gasteiger charge is -2.11. The average molecular weight is 296 g/mol. The van der Waals surface area contributed by atoms with Gasteiger partial charge in [-0.3, -0.25) is 0 Å². The van der Waals surface area contributed by atoms with Crippen LogP contribution in [0, 0.1) is 5.92 Å². The highest BCUT2D eigenvalue weighted by atomic mass is 79.9. The largest absolute Gasteiger partial charge is 0.391 e. The number of hydrogen-bond acceptors (Lipinski definition) is 3. The van der Waals surface area contributed by atoms with Crippen LogP contribution in [0.4, 0.5) is 0 Å². The Hall–Kier alpha value is -0.870. The van der Waals surface area contributed by atoms with Gasteiger partial charge < -0.3 is 9.57 Å². The zero-order chi connectivity index (χ0) is 11.7. The molecule has 3 rings (SSSR count). The van der Waals surface area contributed by atoms with Crippen molar-refractivity contribution in [3.63, 3.8) is 0 Å². The van der Waals surface area contributed by atoms with E-state index in [1.807, 2.05) is 18.2 Å². The SMILES string of the molecule is BrC1=NO[C@@H]2C[C@@H](OCc3ccccc3)C[C@H]12. The molecule has 3 nitrogen and oxygen atoms in total. The minimum atomic E-state index is 0.213. The molecule has 17 heavy (non-hydrogen) atoms. The van der Waals surface area contributed by atoms with Gasteiger partial charge in [0.1, 0.15) is 10.7 Å². The maximum atomic E-state index is 5.92. The molecule has 90 valence electrons. The first-order valence-corrected chi connectivity index (χ1v) is 6.67. The molecule has 0 radical (unpaired) electrons. The van der Waals surface area contributed by atoms with E-state index in [9.17, 15) is 0 Å². The van der Waals surface area contributed by atoms with E-state index in [0.29, 0.717) is 12.5 Å². The van der Waals surface area contributed by atoms with E-state index < -0.39 is 0 Å². The highest BCUT2D eigenvalue weighted by Gasteiger charge is 2.42. The molecule has 1 heterocycles. The summed E-state index contributed by atoms with van der Waals surface area (Å²) in [5, 5.41) is 3.95. The van der Waals surface area contributed by atoms with Crippen LogP contribution in [0.1, 0.15) is 18.4 Å². The molecule has 0 saturated heterocycles. The van der Waals surface area contributed by atoms with Crippen molar-refractivity contribution in [1.29, 1.82) is 0 Å². The Balaban J connectivity index is 1.53. The van der Waals surface area contributed by atoms with Gasteiger partial charge in [0.2, 0.25) is 0 Å². The molecule has 1 fully saturated rings. The lowest BCUT2D eigenvalue weighted by Crippen LogP contribution is -2.12. The van der Waals surface area contributed by atoms with Gasteiger partial charge >= 0.3 is 0 Å². The molecule has 4 heteroatoms. The monoisotopic (exact) mass is 295 g/mol. The fourth-order valence-corrected chi connectivity index (χ4v) is 3.00. The van der Waals surface area contributed by atoms with Crippen molar-refractivity contribution >= 4 is 20.6 Å². The number of benzene rings is 1. The van der Waals surface area contributed by atoms with Gasteiger partial charge in [0.25, 0.3) is 0 Å². The van der Waals surface area contributed by atoms with Crippen molar-refractivity contribution in [2.45, 2.75) is 31.7 Å². The Morgan fingerprint density at radius 3 is 2.88 bits per heavy atom. The van der Waals surface area contributed by atoms with Crippen LogP contribution in [0.3, 0.4) is 0 Å². The second-order valence-electron chi connectivity index (χ2n) is 4.55. The van der Waals surface area contributed by atoms with Crippen molar-refractivity contribution in [3.05, 3.63) is 35.9 Å². The summed E-state index contributed by atoms with van der Waals surface area (Å²) in [6, 6.07) is 10.3. The Kier molecular flexibility index (Phi) is 3.16. The van der Waals surface area contributed by atoms with E-state index in [2.05, 4.69) is 33.2 Å². The van der Waals surface area contributed by atoms with Gasteiger partial charge in [-0.1, -0.05) is 35.5 Å². The van der Waals surface area contributed by atoms with Crippen LogP contribution in [-0.4, -0.2) is 16.8 Å². The Morgan fingerprint density at radius 1 is 1.29 bits per heavy atom. The molecular weight excluding hydrogens is 282 g/mol. The van der Waals surface area contributed by atoms with Gasteiger partial charge in [0, 0.05) is 6.42 Å². The minimum absolute atomic E-state index is 0.213. The normalized spacial score (nSPS) is 30.9. The second-order valence-corrected chi connectivity index (χ2v) is 5.37. The Bertz CT molecular complexity index is 421. The quantitative estimate of drug-likeness (QED) is 0.858. The number of rotatable bonds is 3. The predicted octanol–water partition coefficient (Wildman–Crippen LogP) is 3.09.